The Balaban J connectivity index is 1.68. The Hall–Kier alpha value is -3.16. The number of hydrogen-bond donors (Lipinski definition) is 2. The summed E-state index contributed by atoms with van der Waals surface area (Å²) in [4.78, 5) is 8.40. The zero-order valence-electron chi connectivity index (χ0n) is 15.4. The van der Waals surface area contributed by atoms with Crippen LogP contribution in [0.15, 0.2) is 39.8 Å². The van der Waals surface area contributed by atoms with Gasteiger partial charge in [0, 0.05) is 26.2 Å². The van der Waals surface area contributed by atoms with Gasteiger partial charge in [-0.15, -0.1) is 0 Å². The number of aliphatic imine (C=N–C) groups is 1. The summed E-state index contributed by atoms with van der Waals surface area (Å²) in [5.41, 5.74) is 4.27. The first-order valence-corrected chi connectivity index (χ1v) is 8.42. The van der Waals surface area contributed by atoms with E-state index >= 15 is 0 Å². The topological polar surface area (TPSA) is 93.2 Å². The molecule has 0 fully saturated rings. The van der Waals surface area contributed by atoms with Gasteiger partial charge < -0.3 is 15.2 Å². The van der Waals surface area contributed by atoms with Crippen LogP contribution in [0.3, 0.4) is 0 Å². The quantitative estimate of drug-likeness (QED) is 0.539. The third-order valence-electron chi connectivity index (χ3n) is 3.88. The van der Waals surface area contributed by atoms with E-state index in [0.29, 0.717) is 30.8 Å². The number of guanidine groups is 1. The van der Waals surface area contributed by atoms with Gasteiger partial charge in [-0.3, -0.25) is 4.99 Å². The fourth-order valence-corrected chi connectivity index (χ4v) is 2.72. The highest BCUT2D eigenvalue weighted by Gasteiger charge is 2.09. The molecule has 8 heteroatoms. The van der Waals surface area contributed by atoms with E-state index in [4.69, 9.17) is 4.52 Å². The summed E-state index contributed by atoms with van der Waals surface area (Å²) in [5.74, 6) is 1.80. The summed E-state index contributed by atoms with van der Waals surface area (Å²) in [7, 11) is 1.73. The van der Waals surface area contributed by atoms with E-state index < -0.39 is 0 Å². The van der Waals surface area contributed by atoms with Gasteiger partial charge >= 0.3 is 0 Å². The van der Waals surface area contributed by atoms with Crippen LogP contribution in [0.4, 0.5) is 0 Å². The lowest BCUT2D eigenvalue weighted by molar-refractivity contribution is 0.387. The van der Waals surface area contributed by atoms with E-state index in [2.05, 4.69) is 56.0 Å². The van der Waals surface area contributed by atoms with Crippen LogP contribution >= 0.6 is 0 Å². The average molecular weight is 353 g/mol. The predicted molar refractivity (Wildman–Crippen MR) is 99.1 cm³/mol. The monoisotopic (exact) mass is 353 g/mol. The van der Waals surface area contributed by atoms with Crippen LogP contribution in [-0.4, -0.2) is 32.9 Å². The molecule has 0 aliphatic rings. The van der Waals surface area contributed by atoms with Gasteiger partial charge in [0.15, 0.2) is 11.8 Å². The predicted octanol–water partition coefficient (Wildman–Crippen LogP) is 2.05. The fourth-order valence-electron chi connectivity index (χ4n) is 2.72. The number of aromatic nitrogens is 4. The van der Waals surface area contributed by atoms with Crippen LogP contribution in [0.5, 0.6) is 0 Å². The van der Waals surface area contributed by atoms with Gasteiger partial charge in [-0.2, -0.15) is 10.1 Å². The Bertz CT molecular complexity index is 910. The van der Waals surface area contributed by atoms with E-state index in [1.165, 1.54) is 0 Å². The summed E-state index contributed by atoms with van der Waals surface area (Å²) in [6.07, 6.45) is 0. The van der Waals surface area contributed by atoms with Gasteiger partial charge in [0.1, 0.15) is 0 Å². The molecule has 2 N–H and O–H groups in total. The van der Waals surface area contributed by atoms with Gasteiger partial charge in [0.05, 0.1) is 17.9 Å². The highest BCUT2D eigenvalue weighted by molar-refractivity contribution is 5.79. The molecule has 0 atom stereocenters. The van der Waals surface area contributed by atoms with Gasteiger partial charge in [-0.1, -0.05) is 23.4 Å². The van der Waals surface area contributed by atoms with E-state index in [-0.39, 0.29) is 0 Å². The summed E-state index contributed by atoms with van der Waals surface area (Å²) in [5, 5.41) is 14.9. The lowest BCUT2D eigenvalue weighted by Crippen LogP contribution is -2.36. The number of nitrogens with one attached hydrogen (secondary N) is 2. The number of rotatable bonds is 5. The van der Waals surface area contributed by atoms with Crippen LogP contribution in [0.1, 0.15) is 28.7 Å². The Morgan fingerprint density at radius 2 is 1.92 bits per heavy atom. The standard InChI is InChI=1S/C18H23N7O/c1-12-9-13(2)25(23-12)16-8-6-5-7-15(16)10-20-18(19-4)21-11-17-22-14(3)26-24-17/h5-9H,10-11H2,1-4H3,(H2,19,20,21). The number of hydrogen-bond acceptors (Lipinski definition) is 5. The molecule has 0 unspecified atom stereocenters. The lowest BCUT2D eigenvalue weighted by Gasteiger charge is -2.14. The van der Waals surface area contributed by atoms with Crippen LogP contribution in [-0.2, 0) is 13.1 Å². The van der Waals surface area contributed by atoms with Gasteiger partial charge in [0.2, 0.25) is 5.89 Å². The molecular formula is C18H23N7O. The molecule has 0 amide bonds. The molecule has 0 aliphatic heterocycles. The van der Waals surface area contributed by atoms with E-state index in [0.717, 1.165) is 22.6 Å². The van der Waals surface area contributed by atoms with Gasteiger partial charge in [-0.25, -0.2) is 4.68 Å². The first-order chi connectivity index (χ1) is 12.6. The largest absolute Gasteiger partial charge is 0.352 e. The lowest BCUT2D eigenvalue weighted by atomic mass is 10.1. The van der Waals surface area contributed by atoms with E-state index in [9.17, 15) is 0 Å². The fraction of sp³-hybridized carbons (Fsp3) is 0.333. The second kappa shape index (κ2) is 7.81. The SMILES string of the molecule is CN=C(NCc1noc(C)n1)NCc1ccccc1-n1nc(C)cc1C. The van der Waals surface area contributed by atoms with Crippen LogP contribution < -0.4 is 10.6 Å². The Labute approximate surface area is 152 Å². The number of nitrogens with zero attached hydrogens (tertiary/aromatic N) is 5. The Morgan fingerprint density at radius 1 is 1.15 bits per heavy atom. The number of benzene rings is 1. The Morgan fingerprint density at radius 3 is 2.58 bits per heavy atom. The molecule has 2 heterocycles. The minimum absolute atomic E-state index is 0.441. The number of aryl methyl sites for hydroxylation is 3. The summed E-state index contributed by atoms with van der Waals surface area (Å²) >= 11 is 0. The molecule has 1 aromatic carbocycles. The molecule has 8 nitrogen and oxygen atoms in total. The molecule has 0 saturated carbocycles. The highest BCUT2D eigenvalue weighted by Crippen LogP contribution is 2.16. The molecule has 0 bridgehead atoms. The zero-order valence-corrected chi connectivity index (χ0v) is 15.4. The van der Waals surface area contributed by atoms with Crippen molar-refractivity contribution in [1.29, 1.82) is 0 Å². The van der Waals surface area contributed by atoms with Gasteiger partial charge in [-0.05, 0) is 31.5 Å². The summed E-state index contributed by atoms with van der Waals surface area (Å²) in [6, 6.07) is 10.2. The molecule has 0 aliphatic carbocycles. The van der Waals surface area contributed by atoms with E-state index in [1.54, 1.807) is 14.0 Å². The van der Waals surface area contributed by atoms with Crippen molar-refractivity contribution in [3.8, 4) is 5.69 Å². The minimum Gasteiger partial charge on any atom is -0.352 e. The van der Waals surface area contributed by atoms with Crippen molar-refractivity contribution in [3.05, 3.63) is 59.0 Å². The molecular weight excluding hydrogens is 330 g/mol. The maximum Gasteiger partial charge on any atom is 0.223 e. The molecule has 0 spiro atoms. The molecule has 3 aromatic rings. The van der Waals surface area contributed by atoms with Crippen molar-refractivity contribution >= 4 is 5.96 Å². The first kappa shape index (κ1) is 17.7. The highest BCUT2D eigenvalue weighted by atomic mass is 16.5. The molecule has 0 radical (unpaired) electrons. The van der Waals surface area contributed by atoms with Crippen molar-refractivity contribution in [2.75, 3.05) is 7.05 Å². The van der Waals surface area contributed by atoms with Crippen molar-refractivity contribution in [3.63, 3.8) is 0 Å². The third-order valence-corrected chi connectivity index (χ3v) is 3.88. The molecule has 2 aromatic heterocycles. The summed E-state index contributed by atoms with van der Waals surface area (Å²) < 4.78 is 6.93. The van der Waals surface area contributed by atoms with Crippen LogP contribution in [0.25, 0.3) is 5.69 Å². The third kappa shape index (κ3) is 4.08. The molecule has 136 valence electrons. The van der Waals surface area contributed by atoms with Crippen molar-refractivity contribution < 1.29 is 4.52 Å². The van der Waals surface area contributed by atoms with Crippen molar-refractivity contribution in [2.45, 2.75) is 33.9 Å². The van der Waals surface area contributed by atoms with Gasteiger partial charge in [0.25, 0.3) is 0 Å². The normalized spacial score (nSPS) is 11.6. The maximum atomic E-state index is 4.97. The molecule has 0 saturated heterocycles. The zero-order chi connectivity index (χ0) is 18.5. The first-order valence-electron chi connectivity index (χ1n) is 8.42. The molecule has 3 rings (SSSR count). The second-order valence-corrected chi connectivity index (χ2v) is 5.98. The maximum absolute atomic E-state index is 4.97. The number of para-hydroxylation sites is 1. The second-order valence-electron chi connectivity index (χ2n) is 5.98. The average Bonchev–Trinajstić information content (AvgIpc) is 3.20. The minimum atomic E-state index is 0.441. The van der Waals surface area contributed by atoms with Crippen LogP contribution in [0.2, 0.25) is 0 Å². The van der Waals surface area contributed by atoms with Crippen molar-refractivity contribution in [2.24, 2.45) is 4.99 Å². The van der Waals surface area contributed by atoms with Crippen LogP contribution in [0, 0.1) is 20.8 Å². The smallest absolute Gasteiger partial charge is 0.223 e. The van der Waals surface area contributed by atoms with E-state index in [1.807, 2.05) is 23.7 Å². The summed E-state index contributed by atoms with van der Waals surface area (Å²) in [6.45, 7) is 6.86. The Kier molecular flexibility index (Phi) is 5.31. The molecule has 26 heavy (non-hydrogen) atoms. The van der Waals surface area contributed by atoms with Crippen molar-refractivity contribution in [1.82, 2.24) is 30.6 Å².